The summed E-state index contributed by atoms with van der Waals surface area (Å²) in [6, 6.07) is 3.57. The molecule has 0 saturated heterocycles. The number of rotatable bonds is 3. The van der Waals surface area contributed by atoms with E-state index >= 15 is 0 Å². The molecule has 0 saturated carbocycles. The first-order valence-corrected chi connectivity index (χ1v) is 9.19. The molecule has 1 aliphatic carbocycles. The summed E-state index contributed by atoms with van der Waals surface area (Å²) >= 11 is 3.31. The van der Waals surface area contributed by atoms with E-state index < -0.39 is 11.9 Å². The van der Waals surface area contributed by atoms with Gasteiger partial charge in [-0.05, 0) is 53.7 Å². The van der Waals surface area contributed by atoms with Gasteiger partial charge < -0.3 is 14.5 Å². The fraction of sp³-hybridized carbons (Fsp3) is 0.474. The molecule has 0 fully saturated rings. The van der Waals surface area contributed by atoms with Gasteiger partial charge in [-0.25, -0.2) is 4.79 Å². The fourth-order valence-corrected chi connectivity index (χ4v) is 4.00. The molecule has 5 nitrogen and oxygen atoms in total. The monoisotopic (exact) mass is 407 g/mol. The molecule has 6 heteroatoms. The molecule has 0 bridgehead atoms. The molecule has 0 radical (unpaired) electrons. The molecule has 0 amide bonds. The van der Waals surface area contributed by atoms with Crippen LogP contribution in [0.1, 0.15) is 52.2 Å². The molecule has 25 heavy (non-hydrogen) atoms. The van der Waals surface area contributed by atoms with Crippen LogP contribution in [0.25, 0.3) is 0 Å². The Balaban J connectivity index is 2.15. The Morgan fingerprint density at radius 1 is 1.40 bits per heavy atom. The van der Waals surface area contributed by atoms with Crippen LogP contribution in [-0.4, -0.2) is 18.4 Å². The Labute approximate surface area is 155 Å². The topological polar surface area (TPSA) is 68.5 Å². The van der Waals surface area contributed by atoms with Crippen molar-refractivity contribution in [3.63, 3.8) is 0 Å². The van der Waals surface area contributed by atoms with Crippen molar-refractivity contribution in [1.82, 2.24) is 5.32 Å². The van der Waals surface area contributed by atoms with Gasteiger partial charge >= 0.3 is 5.97 Å². The summed E-state index contributed by atoms with van der Waals surface area (Å²) in [5.74, 6) is -0.346. The number of hydrogen-bond donors (Lipinski definition) is 1. The summed E-state index contributed by atoms with van der Waals surface area (Å²) < 4.78 is 11.5. The van der Waals surface area contributed by atoms with Crippen molar-refractivity contribution in [3.05, 3.63) is 45.1 Å². The maximum absolute atomic E-state index is 12.9. The summed E-state index contributed by atoms with van der Waals surface area (Å²) in [5.41, 5.74) is 2.54. The van der Waals surface area contributed by atoms with E-state index in [2.05, 4.69) is 35.1 Å². The average molecular weight is 408 g/mol. The van der Waals surface area contributed by atoms with Gasteiger partial charge in [-0.3, -0.25) is 4.79 Å². The van der Waals surface area contributed by atoms with E-state index in [9.17, 15) is 9.59 Å². The van der Waals surface area contributed by atoms with E-state index in [0.717, 1.165) is 12.1 Å². The van der Waals surface area contributed by atoms with Gasteiger partial charge in [0.05, 0.1) is 18.1 Å². The molecule has 1 aliphatic heterocycles. The number of esters is 1. The maximum Gasteiger partial charge on any atom is 0.336 e. The minimum absolute atomic E-state index is 0.0468. The first kappa shape index (κ1) is 18.0. The molecule has 0 aromatic carbocycles. The molecule has 2 aliphatic rings. The van der Waals surface area contributed by atoms with Crippen molar-refractivity contribution in [1.29, 1.82) is 0 Å². The lowest BCUT2D eigenvalue weighted by molar-refractivity contribution is -0.138. The SMILES string of the molecule is CCOC(=O)C1=C(C)NC2=C(C(=O)CC(C)(C)C2)C1c1ccc(Br)o1. The number of hydrogen-bond acceptors (Lipinski definition) is 5. The van der Waals surface area contributed by atoms with Crippen molar-refractivity contribution in [2.45, 2.75) is 46.5 Å². The van der Waals surface area contributed by atoms with E-state index in [1.54, 1.807) is 19.1 Å². The normalized spacial score (nSPS) is 22.6. The summed E-state index contributed by atoms with van der Waals surface area (Å²) in [4.78, 5) is 25.5. The van der Waals surface area contributed by atoms with Crippen LogP contribution in [0.5, 0.6) is 0 Å². The van der Waals surface area contributed by atoms with Crippen molar-refractivity contribution in [3.8, 4) is 0 Å². The molecule has 1 aromatic rings. The first-order valence-electron chi connectivity index (χ1n) is 8.40. The van der Waals surface area contributed by atoms with Crippen molar-refractivity contribution in [2.24, 2.45) is 5.41 Å². The summed E-state index contributed by atoms with van der Waals surface area (Å²) in [6.45, 7) is 8.04. The Kier molecular flexibility index (Phi) is 4.66. The molecule has 1 aromatic heterocycles. The predicted octanol–water partition coefficient (Wildman–Crippen LogP) is 4.21. The van der Waals surface area contributed by atoms with Crippen LogP contribution < -0.4 is 5.32 Å². The van der Waals surface area contributed by atoms with Crippen LogP contribution in [0.15, 0.2) is 43.8 Å². The Morgan fingerprint density at radius 2 is 2.12 bits per heavy atom. The Hall–Kier alpha value is -1.82. The third-order valence-electron chi connectivity index (χ3n) is 4.61. The number of dihydropyridines is 1. The standard InChI is InChI=1S/C19H22BrNO4/c1-5-24-18(23)15-10(2)21-11-8-19(3,4)9-12(22)16(11)17(15)13-6-7-14(20)25-13/h6-7,17,21H,5,8-9H2,1-4H3. The quantitative estimate of drug-likeness (QED) is 0.759. The third kappa shape index (κ3) is 3.32. The van der Waals surface area contributed by atoms with Gasteiger partial charge in [0.25, 0.3) is 0 Å². The number of carbonyl (C=O) groups excluding carboxylic acids is 2. The third-order valence-corrected chi connectivity index (χ3v) is 5.04. The van der Waals surface area contributed by atoms with Crippen LogP contribution in [0.3, 0.4) is 0 Å². The smallest absolute Gasteiger partial charge is 0.336 e. The second-order valence-corrected chi connectivity index (χ2v) is 8.07. The molecule has 2 heterocycles. The molecule has 1 atom stereocenters. The van der Waals surface area contributed by atoms with Gasteiger partial charge in [0.15, 0.2) is 10.5 Å². The zero-order chi connectivity index (χ0) is 18.4. The van der Waals surface area contributed by atoms with E-state index in [0.29, 0.717) is 33.7 Å². The van der Waals surface area contributed by atoms with Gasteiger partial charge in [0.2, 0.25) is 0 Å². The second-order valence-electron chi connectivity index (χ2n) is 7.29. The zero-order valence-corrected chi connectivity index (χ0v) is 16.5. The van der Waals surface area contributed by atoms with Gasteiger partial charge in [0, 0.05) is 23.4 Å². The number of nitrogens with one attached hydrogen (secondary N) is 1. The molecular weight excluding hydrogens is 386 g/mol. The van der Waals surface area contributed by atoms with Crippen LogP contribution >= 0.6 is 15.9 Å². The molecular formula is C19H22BrNO4. The van der Waals surface area contributed by atoms with E-state index in [-0.39, 0.29) is 17.8 Å². The van der Waals surface area contributed by atoms with Crippen LogP contribution in [0.2, 0.25) is 0 Å². The van der Waals surface area contributed by atoms with Crippen molar-refractivity contribution < 1.29 is 18.7 Å². The maximum atomic E-state index is 12.9. The number of allylic oxidation sites excluding steroid dienone is 3. The minimum atomic E-state index is -0.537. The van der Waals surface area contributed by atoms with Crippen LogP contribution in [0, 0.1) is 5.41 Å². The zero-order valence-electron chi connectivity index (χ0n) is 14.9. The molecule has 3 rings (SSSR count). The van der Waals surface area contributed by atoms with Gasteiger partial charge in [-0.1, -0.05) is 13.8 Å². The van der Waals surface area contributed by atoms with E-state index in [1.807, 2.05) is 6.92 Å². The number of ether oxygens (including phenoxy) is 1. The first-order chi connectivity index (χ1) is 11.7. The summed E-state index contributed by atoms with van der Waals surface area (Å²) in [6.07, 6.45) is 1.20. The molecule has 1 N–H and O–H groups in total. The Bertz CT molecular complexity index is 800. The van der Waals surface area contributed by atoms with E-state index in [4.69, 9.17) is 9.15 Å². The highest BCUT2D eigenvalue weighted by Crippen LogP contribution is 2.47. The van der Waals surface area contributed by atoms with Gasteiger partial charge in [-0.15, -0.1) is 0 Å². The number of Topliss-reactive ketones (excluding diaryl/α,β-unsaturated/α-hetero) is 1. The predicted molar refractivity (Wildman–Crippen MR) is 96.7 cm³/mol. The molecule has 1 unspecified atom stereocenters. The minimum Gasteiger partial charge on any atom is -0.463 e. The number of carbonyl (C=O) groups is 2. The fourth-order valence-electron chi connectivity index (χ4n) is 3.68. The lowest BCUT2D eigenvalue weighted by atomic mass is 9.69. The van der Waals surface area contributed by atoms with Gasteiger partial charge in [0.1, 0.15) is 5.76 Å². The van der Waals surface area contributed by atoms with Crippen LogP contribution in [-0.2, 0) is 14.3 Å². The highest BCUT2D eigenvalue weighted by molar-refractivity contribution is 9.10. The lowest BCUT2D eigenvalue weighted by Gasteiger charge is -2.38. The largest absolute Gasteiger partial charge is 0.463 e. The van der Waals surface area contributed by atoms with Crippen molar-refractivity contribution in [2.75, 3.05) is 6.61 Å². The van der Waals surface area contributed by atoms with E-state index in [1.165, 1.54) is 0 Å². The van der Waals surface area contributed by atoms with Gasteiger partial charge in [-0.2, -0.15) is 0 Å². The Morgan fingerprint density at radius 3 is 2.72 bits per heavy atom. The highest BCUT2D eigenvalue weighted by atomic mass is 79.9. The second kappa shape index (κ2) is 6.48. The summed E-state index contributed by atoms with van der Waals surface area (Å²) in [5, 5.41) is 3.28. The average Bonchev–Trinajstić information content (AvgIpc) is 2.90. The number of furan rings is 1. The van der Waals surface area contributed by atoms with Crippen LogP contribution in [0.4, 0.5) is 0 Å². The number of halogens is 1. The van der Waals surface area contributed by atoms with Crippen molar-refractivity contribution >= 4 is 27.7 Å². The highest BCUT2D eigenvalue weighted by Gasteiger charge is 2.44. The number of ketones is 1. The molecule has 134 valence electrons. The molecule has 0 spiro atoms. The lowest BCUT2D eigenvalue weighted by Crippen LogP contribution is -2.38. The summed E-state index contributed by atoms with van der Waals surface area (Å²) in [7, 11) is 0.